The number of carbonyl (C=O) groups is 3. The van der Waals surface area contributed by atoms with Crippen LogP contribution in [0.3, 0.4) is 0 Å². The molecule has 3 aliphatic rings. The standard InChI is InChI=1S/C24H29F3N6O3/c1-23(2,3)19(31-22(36)24(25,26)27)21(35)33-11-15-12-5-6-13(7-12)17(15)18(33)20(34)30-16(8-28)14-9-29-32(4)10-14/h5-6,9-10,12-13,15-19H,7,11H2,1-4H3,(H,30,34)(H,31,36)/t12-,13+,15-,16?,17+,18+,19-/m1/s1. The number of hydrogen-bond donors (Lipinski definition) is 2. The smallest absolute Gasteiger partial charge is 0.336 e. The number of nitriles is 1. The van der Waals surface area contributed by atoms with Crippen molar-refractivity contribution in [2.24, 2.45) is 36.1 Å². The van der Waals surface area contributed by atoms with Gasteiger partial charge in [-0.2, -0.15) is 23.5 Å². The van der Waals surface area contributed by atoms with Crippen LogP contribution >= 0.6 is 0 Å². The number of aryl methyl sites for hydroxylation is 1. The van der Waals surface area contributed by atoms with Crippen LogP contribution in [0.25, 0.3) is 0 Å². The Balaban J connectivity index is 1.64. The van der Waals surface area contributed by atoms with E-state index in [4.69, 9.17) is 0 Å². The van der Waals surface area contributed by atoms with Crippen molar-refractivity contribution in [3.8, 4) is 6.07 Å². The van der Waals surface area contributed by atoms with Crippen LogP contribution in [0.1, 0.15) is 38.8 Å². The van der Waals surface area contributed by atoms with Crippen molar-refractivity contribution in [2.75, 3.05) is 6.54 Å². The molecule has 1 saturated heterocycles. The van der Waals surface area contributed by atoms with Crippen LogP contribution in [0.5, 0.6) is 0 Å². The molecule has 9 nitrogen and oxygen atoms in total. The van der Waals surface area contributed by atoms with Crippen molar-refractivity contribution < 1.29 is 27.6 Å². The van der Waals surface area contributed by atoms with Gasteiger partial charge in [0, 0.05) is 25.4 Å². The van der Waals surface area contributed by atoms with E-state index in [-0.39, 0.29) is 30.2 Å². The Morgan fingerprint density at radius 2 is 1.83 bits per heavy atom. The number of carbonyl (C=O) groups excluding carboxylic acids is 3. The summed E-state index contributed by atoms with van der Waals surface area (Å²) in [4.78, 5) is 40.4. The van der Waals surface area contributed by atoms with Gasteiger partial charge in [0.15, 0.2) is 0 Å². The summed E-state index contributed by atoms with van der Waals surface area (Å²) < 4.78 is 40.6. The zero-order valence-corrected chi connectivity index (χ0v) is 20.4. The number of fused-ring (bicyclic) bond motifs is 5. The second kappa shape index (κ2) is 8.94. The Morgan fingerprint density at radius 1 is 1.17 bits per heavy atom. The molecule has 3 amide bonds. The minimum atomic E-state index is -5.16. The number of nitrogens with one attached hydrogen (secondary N) is 2. The third-order valence-electron chi connectivity index (χ3n) is 7.47. The van der Waals surface area contributed by atoms with Crippen LogP contribution in [-0.2, 0) is 21.4 Å². The van der Waals surface area contributed by atoms with E-state index >= 15 is 0 Å². The second-order valence-corrected chi connectivity index (χ2v) is 10.9. The molecule has 4 rings (SSSR count). The van der Waals surface area contributed by atoms with E-state index in [0.29, 0.717) is 5.56 Å². The summed E-state index contributed by atoms with van der Waals surface area (Å²) in [5.41, 5.74) is -0.586. The fraction of sp³-hybridized carbons (Fsp3) is 0.625. The first-order valence-electron chi connectivity index (χ1n) is 11.8. The predicted molar refractivity (Wildman–Crippen MR) is 120 cm³/mol. The maximum absolute atomic E-state index is 13.7. The van der Waals surface area contributed by atoms with Crippen molar-refractivity contribution in [1.29, 1.82) is 5.26 Å². The molecule has 0 spiro atoms. The molecule has 0 radical (unpaired) electrons. The lowest BCUT2D eigenvalue weighted by molar-refractivity contribution is -0.176. The molecule has 1 aliphatic heterocycles. The Morgan fingerprint density at radius 3 is 2.39 bits per heavy atom. The van der Waals surface area contributed by atoms with E-state index in [2.05, 4.69) is 16.5 Å². The zero-order valence-electron chi connectivity index (χ0n) is 20.4. The number of likely N-dealkylation sites (tertiary alicyclic amines) is 1. The van der Waals surface area contributed by atoms with Gasteiger partial charge in [-0.15, -0.1) is 0 Å². The number of alkyl halides is 3. The fourth-order valence-electron chi connectivity index (χ4n) is 5.81. The van der Waals surface area contributed by atoms with Gasteiger partial charge in [0.2, 0.25) is 11.8 Å². The fourth-order valence-corrected chi connectivity index (χ4v) is 5.81. The Hall–Kier alpha value is -3.36. The van der Waals surface area contributed by atoms with E-state index in [9.17, 15) is 32.8 Å². The molecule has 1 saturated carbocycles. The number of amides is 3. The summed E-state index contributed by atoms with van der Waals surface area (Å²) in [5, 5.41) is 18.2. The third-order valence-corrected chi connectivity index (χ3v) is 7.47. The average Bonchev–Trinajstić information content (AvgIpc) is 3.55. The molecule has 194 valence electrons. The summed E-state index contributed by atoms with van der Waals surface area (Å²) in [7, 11) is 1.67. The molecule has 1 unspecified atom stereocenters. The van der Waals surface area contributed by atoms with E-state index in [1.54, 1.807) is 34.0 Å². The van der Waals surface area contributed by atoms with E-state index < -0.39 is 47.4 Å². The lowest BCUT2D eigenvalue weighted by atomic mass is 9.81. The van der Waals surface area contributed by atoms with Gasteiger partial charge in [-0.25, -0.2) is 0 Å². The molecule has 2 heterocycles. The molecule has 2 bridgehead atoms. The predicted octanol–water partition coefficient (Wildman–Crippen LogP) is 1.84. The van der Waals surface area contributed by atoms with Crippen molar-refractivity contribution in [3.05, 3.63) is 30.1 Å². The molecule has 2 N–H and O–H groups in total. The summed E-state index contributed by atoms with van der Waals surface area (Å²) in [6.45, 7) is 4.85. The molecular formula is C24H29F3N6O3. The molecule has 7 atom stereocenters. The monoisotopic (exact) mass is 506 g/mol. The summed E-state index contributed by atoms with van der Waals surface area (Å²) in [5.74, 6) is -3.56. The van der Waals surface area contributed by atoms with Gasteiger partial charge in [0.05, 0.1) is 12.3 Å². The van der Waals surface area contributed by atoms with Crippen molar-refractivity contribution >= 4 is 17.7 Å². The third kappa shape index (κ3) is 4.58. The molecule has 0 aromatic carbocycles. The van der Waals surface area contributed by atoms with Gasteiger partial charge in [0.1, 0.15) is 18.1 Å². The van der Waals surface area contributed by atoms with Crippen molar-refractivity contribution in [1.82, 2.24) is 25.3 Å². The average molecular weight is 507 g/mol. The highest BCUT2D eigenvalue weighted by Crippen LogP contribution is 2.54. The highest BCUT2D eigenvalue weighted by Gasteiger charge is 2.59. The van der Waals surface area contributed by atoms with Crippen LogP contribution in [0, 0.1) is 40.4 Å². The van der Waals surface area contributed by atoms with Crippen LogP contribution in [0.15, 0.2) is 24.5 Å². The largest absolute Gasteiger partial charge is 0.471 e. The van der Waals surface area contributed by atoms with Gasteiger partial charge >= 0.3 is 12.1 Å². The van der Waals surface area contributed by atoms with Gasteiger partial charge in [0.25, 0.3) is 0 Å². The van der Waals surface area contributed by atoms with Crippen molar-refractivity contribution in [3.63, 3.8) is 0 Å². The van der Waals surface area contributed by atoms with Crippen LogP contribution in [0.2, 0.25) is 0 Å². The highest BCUT2D eigenvalue weighted by atomic mass is 19.4. The number of hydrogen-bond acceptors (Lipinski definition) is 5. The molecule has 2 aliphatic carbocycles. The molecule has 1 aromatic heterocycles. The minimum absolute atomic E-state index is 0.0300. The van der Waals surface area contributed by atoms with Gasteiger partial charge in [-0.1, -0.05) is 32.9 Å². The van der Waals surface area contributed by atoms with Crippen LogP contribution < -0.4 is 10.6 Å². The molecule has 1 aromatic rings. The minimum Gasteiger partial charge on any atom is -0.336 e. The lowest BCUT2D eigenvalue weighted by Gasteiger charge is -2.37. The first kappa shape index (κ1) is 25.7. The Labute approximate surface area is 206 Å². The van der Waals surface area contributed by atoms with E-state index in [1.807, 2.05) is 17.5 Å². The van der Waals surface area contributed by atoms with Crippen LogP contribution in [0.4, 0.5) is 13.2 Å². The second-order valence-electron chi connectivity index (χ2n) is 10.9. The summed E-state index contributed by atoms with van der Waals surface area (Å²) in [6, 6.07) is -1.47. The van der Waals surface area contributed by atoms with Gasteiger partial charge in [-0.3, -0.25) is 19.1 Å². The summed E-state index contributed by atoms with van der Waals surface area (Å²) >= 11 is 0. The SMILES string of the molecule is Cn1cc(C(C#N)NC(=O)[C@@H]2[C@@H]3[C@H](CN2C(=O)[C@@H](NC(=O)C(F)(F)F)C(C)(C)C)[C@@H]2C=C[C@H]3C2)cn1. The summed E-state index contributed by atoms with van der Waals surface area (Å²) in [6.07, 6.45) is 2.83. The molecule has 2 fully saturated rings. The topological polar surface area (TPSA) is 120 Å². The van der Waals surface area contributed by atoms with Crippen LogP contribution in [-0.4, -0.2) is 57.2 Å². The van der Waals surface area contributed by atoms with Gasteiger partial charge in [-0.05, 0) is 35.5 Å². The Kier molecular flexibility index (Phi) is 6.39. The first-order chi connectivity index (χ1) is 16.7. The molecular weight excluding hydrogens is 477 g/mol. The number of aromatic nitrogens is 2. The lowest BCUT2D eigenvalue weighted by Crippen LogP contribution is -2.60. The van der Waals surface area contributed by atoms with E-state index in [0.717, 1.165) is 6.42 Å². The zero-order chi connectivity index (χ0) is 26.6. The van der Waals surface area contributed by atoms with Gasteiger partial charge < -0.3 is 15.5 Å². The quantitative estimate of drug-likeness (QED) is 0.591. The van der Waals surface area contributed by atoms with E-state index in [1.165, 1.54) is 15.8 Å². The first-order valence-corrected chi connectivity index (χ1v) is 11.8. The number of rotatable bonds is 5. The highest BCUT2D eigenvalue weighted by molar-refractivity contribution is 5.94. The Bertz CT molecular complexity index is 1130. The number of halogens is 3. The normalized spacial score (nSPS) is 28.4. The number of nitrogens with zero attached hydrogens (tertiary/aromatic N) is 4. The maximum Gasteiger partial charge on any atom is 0.471 e. The molecule has 12 heteroatoms. The number of allylic oxidation sites excluding steroid dienone is 2. The molecule has 36 heavy (non-hydrogen) atoms. The van der Waals surface area contributed by atoms with Crippen molar-refractivity contribution in [2.45, 2.75) is 51.5 Å². The maximum atomic E-state index is 13.7.